The van der Waals surface area contributed by atoms with Gasteiger partial charge in [0.2, 0.25) is 0 Å². The Labute approximate surface area is 121 Å². The number of ether oxygens (including phenoxy) is 1. The minimum atomic E-state index is -0.108. The summed E-state index contributed by atoms with van der Waals surface area (Å²) in [5.41, 5.74) is 1.82. The Kier molecular flexibility index (Phi) is 4.99. The van der Waals surface area contributed by atoms with Crippen LogP contribution >= 0.6 is 15.9 Å². The molecular formula is C14H17BrN2O2. The fourth-order valence-electron chi connectivity index (χ4n) is 1.97. The number of methoxy groups -OCH3 is 1. The third kappa shape index (κ3) is 3.81. The van der Waals surface area contributed by atoms with E-state index in [-0.39, 0.29) is 5.91 Å². The molecule has 1 aliphatic rings. The average molecular weight is 325 g/mol. The van der Waals surface area contributed by atoms with Crippen LogP contribution in [0.4, 0.5) is 0 Å². The Morgan fingerprint density at radius 2 is 2.37 bits per heavy atom. The first-order chi connectivity index (χ1) is 9.20. The molecule has 0 saturated heterocycles. The highest BCUT2D eigenvalue weighted by Gasteiger charge is 2.13. The lowest BCUT2D eigenvalue weighted by Crippen LogP contribution is -2.29. The fourth-order valence-corrected chi connectivity index (χ4v) is 2.31. The van der Waals surface area contributed by atoms with Crippen LogP contribution in [0.3, 0.4) is 0 Å². The quantitative estimate of drug-likeness (QED) is 0.834. The summed E-state index contributed by atoms with van der Waals surface area (Å²) in [6, 6.07) is 5.38. The number of carbonyl (C=O) groups is 1. The summed E-state index contributed by atoms with van der Waals surface area (Å²) >= 11 is 3.36. The second-order valence-electron chi connectivity index (χ2n) is 4.34. The van der Waals surface area contributed by atoms with Crippen LogP contribution in [0, 0.1) is 0 Å². The normalized spacial score (nSPS) is 14.7. The third-order valence-corrected chi connectivity index (χ3v) is 3.54. The Bertz CT molecular complexity index is 500. The summed E-state index contributed by atoms with van der Waals surface area (Å²) in [7, 11) is 1.56. The van der Waals surface area contributed by atoms with Gasteiger partial charge in [0.25, 0.3) is 5.91 Å². The molecule has 19 heavy (non-hydrogen) atoms. The highest BCUT2D eigenvalue weighted by molar-refractivity contribution is 9.10. The van der Waals surface area contributed by atoms with Gasteiger partial charge >= 0.3 is 0 Å². The van der Waals surface area contributed by atoms with Crippen LogP contribution in [0.15, 0.2) is 34.3 Å². The van der Waals surface area contributed by atoms with Gasteiger partial charge in [-0.15, -0.1) is 0 Å². The topological polar surface area (TPSA) is 50.4 Å². The average Bonchev–Trinajstić information content (AvgIpc) is 2.45. The number of hydrogen-bond acceptors (Lipinski definition) is 3. The maximum absolute atomic E-state index is 12.1. The molecule has 1 amide bonds. The lowest BCUT2D eigenvalue weighted by Gasteiger charge is -2.15. The predicted molar refractivity (Wildman–Crippen MR) is 78.6 cm³/mol. The van der Waals surface area contributed by atoms with Crippen molar-refractivity contribution in [2.45, 2.75) is 6.42 Å². The van der Waals surface area contributed by atoms with E-state index in [1.807, 2.05) is 6.07 Å². The molecule has 0 bridgehead atoms. The first-order valence-electron chi connectivity index (χ1n) is 6.21. The molecule has 1 aromatic rings. The number of halogens is 1. The SMILES string of the molecule is COc1cc(Br)ccc1C(=O)NCC1=CCNCC1. The molecule has 0 fully saturated rings. The number of carbonyl (C=O) groups excluding carboxylic acids is 1. The van der Waals surface area contributed by atoms with E-state index in [2.05, 4.69) is 32.6 Å². The maximum atomic E-state index is 12.1. The Morgan fingerprint density at radius 1 is 1.53 bits per heavy atom. The molecule has 1 aliphatic heterocycles. The van der Waals surface area contributed by atoms with Gasteiger partial charge in [0.05, 0.1) is 12.7 Å². The van der Waals surface area contributed by atoms with E-state index >= 15 is 0 Å². The Balaban J connectivity index is 2.01. The molecule has 102 valence electrons. The summed E-state index contributed by atoms with van der Waals surface area (Å²) < 4.78 is 6.11. The monoisotopic (exact) mass is 324 g/mol. The van der Waals surface area contributed by atoms with E-state index in [0.717, 1.165) is 24.0 Å². The van der Waals surface area contributed by atoms with Crippen LogP contribution in [-0.4, -0.2) is 32.7 Å². The summed E-state index contributed by atoms with van der Waals surface area (Å²) in [6.45, 7) is 2.45. The van der Waals surface area contributed by atoms with Crippen LogP contribution in [0.2, 0.25) is 0 Å². The van der Waals surface area contributed by atoms with Crippen molar-refractivity contribution in [3.05, 3.63) is 39.9 Å². The second-order valence-corrected chi connectivity index (χ2v) is 5.26. The molecule has 0 aliphatic carbocycles. The third-order valence-electron chi connectivity index (χ3n) is 3.04. The largest absolute Gasteiger partial charge is 0.496 e. The van der Waals surface area contributed by atoms with Gasteiger partial charge < -0.3 is 15.4 Å². The molecular weight excluding hydrogens is 308 g/mol. The lowest BCUT2D eigenvalue weighted by atomic mass is 10.1. The van der Waals surface area contributed by atoms with E-state index in [0.29, 0.717) is 17.9 Å². The first-order valence-corrected chi connectivity index (χ1v) is 7.00. The van der Waals surface area contributed by atoms with E-state index < -0.39 is 0 Å². The predicted octanol–water partition coefficient (Wildman–Crippen LogP) is 2.11. The summed E-state index contributed by atoms with van der Waals surface area (Å²) in [5.74, 6) is 0.468. The number of hydrogen-bond donors (Lipinski definition) is 2. The van der Waals surface area contributed by atoms with Gasteiger partial charge in [0, 0.05) is 17.6 Å². The molecule has 0 unspecified atom stereocenters. The van der Waals surface area contributed by atoms with Crippen LogP contribution in [0.1, 0.15) is 16.8 Å². The molecule has 4 nitrogen and oxygen atoms in total. The first kappa shape index (κ1) is 14.1. The van der Waals surface area contributed by atoms with Crippen molar-refractivity contribution in [3.63, 3.8) is 0 Å². The van der Waals surface area contributed by atoms with Gasteiger partial charge in [-0.25, -0.2) is 0 Å². The van der Waals surface area contributed by atoms with E-state index in [9.17, 15) is 4.79 Å². The molecule has 0 saturated carbocycles. The van der Waals surface area contributed by atoms with Crippen molar-refractivity contribution in [2.75, 3.05) is 26.7 Å². The van der Waals surface area contributed by atoms with Crippen molar-refractivity contribution in [2.24, 2.45) is 0 Å². The van der Waals surface area contributed by atoms with Crippen LogP contribution in [-0.2, 0) is 0 Å². The molecule has 1 aromatic carbocycles. The van der Waals surface area contributed by atoms with E-state index in [1.165, 1.54) is 5.57 Å². The maximum Gasteiger partial charge on any atom is 0.255 e. The molecule has 0 atom stereocenters. The van der Waals surface area contributed by atoms with Crippen molar-refractivity contribution in [1.29, 1.82) is 0 Å². The number of amides is 1. The number of rotatable bonds is 4. The van der Waals surface area contributed by atoms with Crippen molar-refractivity contribution < 1.29 is 9.53 Å². The molecule has 0 aromatic heterocycles. The van der Waals surface area contributed by atoms with Crippen LogP contribution in [0.5, 0.6) is 5.75 Å². The zero-order chi connectivity index (χ0) is 13.7. The minimum absolute atomic E-state index is 0.108. The molecule has 2 rings (SSSR count). The second kappa shape index (κ2) is 6.73. The zero-order valence-corrected chi connectivity index (χ0v) is 12.4. The molecule has 0 radical (unpaired) electrons. The Morgan fingerprint density at radius 3 is 3.05 bits per heavy atom. The van der Waals surface area contributed by atoms with Crippen LogP contribution in [0.25, 0.3) is 0 Å². The standard InChI is InChI=1S/C14H17BrN2O2/c1-19-13-8-11(15)2-3-12(13)14(18)17-9-10-4-6-16-7-5-10/h2-4,8,16H,5-7,9H2,1H3,(H,17,18). The van der Waals surface area contributed by atoms with Crippen molar-refractivity contribution in [1.82, 2.24) is 10.6 Å². The van der Waals surface area contributed by atoms with Crippen molar-refractivity contribution >= 4 is 21.8 Å². The van der Waals surface area contributed by atoms with Gasteiger partial charge in [0.1, 0.15) is 5.75 Å². The zero-order valence-electron chi connectivity index (χ0n) is 10.8. The highest BCUT2D eigenvalue weighted by Crippen LogP contribution is 2.23. The fraction of sp³-hybridized carbons (Fsp3) is 0.357. The van der Waals surface area contributed by atoms with E-state index in [1.54, 1.807) is 19.2 Å². The number of benzene rings is 1. The van der Waals surface area contributed by atoms with Gasteiger partial charge in [-0.3, -0.25) is 4.79 Å². The highest BCUT2D eigenvalue weighted by atomic mass is 79.9. The summed E-state index contributed by atoms with van der Waals surface area (Å²) in [5, 5.41) is 6.18. The van der Waals surface area contributed by atoms with Crippen molar-refractivity contribution in [3.8, 4) is 5.75 Å². The summed E-state index contributed by atoms with van der Waals surface area (Å²) in [4.78, 5) is 12.1. The molecule has 0 spiro atoms. The Hall–Kier alpha value is -1.33. The number of nitrogens with one attached hydrogen (secondary N) is 2. The minimum Gasteiger partial charge on any atom is -0.496 e. The molecule has 1 heterocycles. The molecule has 5 heteroatoms. The van der Waals surface area contributed by atoms with Crippen LogP contribution < -0.4 is 15.4 Å². The van der Waals surface area contributed by atoms with Gasteiger partial charge in [-0.1, -0.05) is 27.6 Å². The van der Waals surface area contributed by atoms with E-state index in [4.69, 9.17) is 4.74 Å². The van der Waals surface area contributed by atoms with Gasteiger partial charge in [-0.05, 0) is 31.2 Å². The smallest absolute Gasteiger partial charge is 0.255 e. The molecule has 2 N–H and O–H groups in total. The summed E-state index contributed by atoms with van der Waals surface area (Å²) in [6.07, 6.45) is 3.11. The van der Waals surface area contributed by atoms with Gasteiger partial charge in [0.15, 0.2) is 0 Å². The lowest BCUT2D eigenvalue weighted by molar-refractivity contribution is 0.0953. The van der Waals surface area contributed by atoms with Gasteiger partial charge in [-0.2, -0.15) is 0 Å².